The molecule has 0 bridgehead atoms. The summed E-state index contributed by atoms with van der Waals surface area (Å²) in [6.45, 7) is 10.7. The fraction of sp³-hybridized carbons (Fsp3) is 0.944. The molecule has 5 nitrogen and oxygen atoms in total. The Balaban J connectivity index is 1.42. The number of hydrogen-bond acceptors (Lipinski definition) is 4. The van der Waals surface area contributed by atoms with Crippen molar-refractivity contribution in [1.82, 2.24) is 15.1 Å². The summed E-state index contributed by atoms with van der Waals surface area (Å²) in [4.78, 5) is 17.1. The van der Waals surface area contributed by atoms with Crippen molar-refractivity contribution in [3.05, 3.63) is 0 Å². The van der Waals surface area contributed by atoms with Crippen molar-refractivity contribution in [3.63, 3.8) is 0 Å². The van der Waals surface area contributed by atoms with E-state index in [0.29, 0.717) is 13.2 Å². The van der Waals surface area contributed by atoms with Gasteiger partial charge in [-0.05, 0) is 37.5 Å². The third-order valence-electron chi connectivity index (χ3n) is 6.03. The maximum atomic E-state index is 12.5. The lowest BCUT2D eigenvalue weighted by Gasteiger charge is -2.43. The number of piperazine rings is 1. The zero-order valence-corrected chi connectivity index (χ0v) is 14.8. The first kappa shape index (κ1) is 17.2. The molecule has 1 atom stereocenters. The van der Waals surface area contributed by atoms with Crippen LogP contribution in [-0.2, 0) is 9.53 Å². The van der Waals surface area contributed by atoms with Gasteiger partial charge in [0.1, 0.15) is 6.10 Å². The topological polar surface area (TPSA) is 44.8 Å². The molecule has 3 rings (SSSR count). The van der Waals surface area contributed by atoms with Crippen LogP contribution in [0.15, 0.2) is 0 Å². The van der Waals surface area contributed by atoms with Crippen LogP contribution in [0, 0.1) is 11.8 Å². The second kappa shape index (κ2) is 7.95. The lowest BCUT2D eigenvalue weighted by Crippen LogP contribution is -2.56. The van der Waals surface area contributed by atoms with Crippen LogP contribution in [0.3, 0.4) is 0 Å². The van der Waals surface area contributed by atoms with E-state index >= 15 is 0 Å². The minimum absolute atomic E-state index is 0.181. The van der Waals surface area contributed by atoms with Gasteiger partial charge < -0.3 is 15.0 Å². The number of carbonyl (C=O) groups excluding carboxylic acids is 1. The first-order valence-corrected chi connectivity index (χ1v) is 9.50. The van der Waals surface area contributed by atoms with E-state index in [0.717, 1.165) is 50.6 Å². The van der Waals surface area contributed by atoms with Crippen LogP contribution in [0.1, 0.15) is 39.5 Å². The molecule has 1 N–H and O–H groups in total. The molecule has 2 heterocycles. The third kappa shape index (κ3) is 4.25. The minimum Gasteiger partial charge on any atom is -0.366 e. The molecular weight excluding hydrogens is 290 g/mol. The van der Waals surface area contributed by atoms with Crippen LogP contribution < -0.4 is 5.32 Å². The highest BCUT2D eigenvalue weighted by Crippen LogP contribution is 2.32. The SMILES string of the molecule is CC(C)C1CCC(N2CCN(C(=O)C3CNCCO3)CC2)CC1. The van der Waals surface area contributed by atoms with Gasteiger partial charge in [0, 0.05) is 45.3 Å². The van der Waals surface area contributed by atoms with Crippen LogP contribution in [-0.4, -0.2) is 73.7 Å². The zero-order chi connectivity index (χ0) is 16.2. The second-order valence-electron chi connectivity index (χ2n) is 7.74. The van der Waals surface area contributed by atoms with Crippen LogP contribution in [0.5, 0.6) is 0 Å². The zero-order valence-electron chi connectivity index (χ0n) is 14.8. The molecule has 2 aliphatic heterocycles. The third-order valence-corrected chi connectivity index (χ3v) is 6.03. The fourth-order valence-corrected chi connectivity index (χ4v) is 4.37. The molecule has 5 heteroatoms. The van der Waals surface area contributed by atoms with Crippen molar-refractivity contribution in [2.75, 3.05) is 45.9 Å². The monoisotopic (exact) mass is 323 g/mol. The van der Waals surface area contributed by atoms with Gasteiger partial charge in [-0.15, -0.1) is 0 Å². The molecule has 23 heavy (non-hydrogen) atoms. The standard InChI is InChI=1S/C18H33N3O2/c1-14(2)15-3-5-16(6-4-15)20-8-10-21(11-9-20)18(22)17-13-19-7-12-23-17/h14-17,19H,3-13H2,1-2H3. The van der Waals surface area contributed by atoms with Crippen molar-refractivity contribution in [2.24, 2.45) is 11.8 Å². The van der Waals surface area contributed by atoms with Gasteiger partial charge in [-0.2, -0.15) is 0 Å². The molecule has 132 valence electrons. The molecule has 0 aromatic rings. The molecule has 1 aliphatic carbocycles. The summed E-state index contributed by atoms with van der Waals surface area (Å²) < 4.78 is 5.60. The predicted molar refractivity (Wildman–Crippen MR) is 91.3 cm³/mol. The molecule has 0 aromatic carbocycles. The van der Waals surface area contributed by atoms with Crippen molar-refractivity contribution in [1.29, 1.82) is 0 Å². The van der Waals surface area contributed by atoms with Gasteiger partial charge in [-0.25, -0.2) is 0 Å². The van der Waals surface area contributed by atoms with Gasteiger partial charge in [-0.1, -0.05) is 13.8 Å². The molecule has 2 saturated heterocycles. The van der Waals surface area contributed by atoms with Crippen molar-refractivity contribution < 1.29 is 9.53 Å². The normalized spacial score (nSPS) is 33.9. The van der Waals surface area contributed by atoms with E-state index in [1.807, 2.05) is 4.90 Å². The molecule has 0 spiro atoms. The van der Waals surface area contributed by atoms with Crippen molar-refractivity contribution >= 4 is 5.91 Å². The van der Waals surface area contributed by atoms with Crippen LogP contribution in [0.2, 0.25) is 0 Å². The van der Waals surface area contributed by atoms with Crippen molar-refractivity contribution in [3.8, 4) is 0 Å². The lowest BCUT2D eigenvalue weighted by molar-refractivity contribution is -0.147. The Morgan fingerprint density at radius 2 is 1.78 bits per heavy atom. The van der Waals surface area contributed by atoms with E-state index in [-0.39, 0.29) is 12.0 Å². The number of morpholine rings is 1. The summed E-state index contributed by atoms with van der Waals surface area (Å²) in [5.74, 6) is 1.93. The maximum absolute atomic E-state index is 12.5. The maximum Gasteiger partial charge on any atom is 0.253 e. The Hall–Kier alpha value is -0.650. The quantitative estimate of drug-likeness (QED) is 0.851. The molecule has 1 saturated carbocycles. The fourth-order valence-electron chi connectivity index (χ4n) is 4.37. The van der Waals surface area contributed by atoms with Gasteiger partial charge in [0.25, 0.3) is 5.91 Å². The largest absolute Gasteiger partial charge is 0.366 e. The van der Waals surface area contributed by atoms with Gasteiger partial charge in [0.2, 0.25) is 0 Å². The number of ether oxygens (including phenoxy) is 1. The second-order valence-corrected chi connectivity index (χ2v) is 7.74. The summed E-state index contributed by atoms with van der Waals surface area (Å²) in [5.41, 5.74) is 0. The number of amides is 1. The smallest absolute Gasteiger partial charge is 0.253 e. The van der Waals surface area contributed by atoms with E-state index < -0.39 is 0 Å². The first-order chi connectivity index (χ1) is 11.1. The van der Waals surface area contributed by atoms with E-state index in [1.54, 1.807) is 0 Å². The van der Waals surface area contributed by atoms with Crippen LogP contribution >= 0.6 is 0 Å². The molecule has 3 aliphatic rings. The molecule has 0 radical (unpaired) electrons. The Morgan fingerprint density at radius 3 is 2.35 bits per heavy atom. The number of rotatable bonds is 3. The minimum atomic E-state index is -0.267. The predicted octanol–water partition coefficient (Wildman–Crippen LogP) is 1.33. The lowest BCUT2D eigenvalue weighted by atomic mass is 9.79. The summed E-state index contributed by atoms with van der Waals surface area (Å²) in [7, 11) is 0. The van der Waals surface area contributed by atoms with Gasteiger partial charge in [0.05, 0.1) is 6.61 Å². The molecule has 1 unspecified atom stereocenters. The van der Waals surface area contributed by atoms with E-state index in [1.165, 1.54) is 25.7 Å². The van der Waals surface area contributed by atoms with Gasteiger partial charge >= 0.3 is 0 Å². The molecule has 0 aromatic heterocycles. The number of nitrogens with zero attached hydrogens (tertiary/aromatic N) is 2. The number of carbonyl (C=O) groups is 1. The van der Waals surface area contributed by atoms with E-state index in [2.05, 4.69) is 24.1 Å². The van der Waals surface area contributed by atoms with E-state index in [4.69, 9.17) is 4.74 Å². The average Bonchev–Trinajstić information content (AvgIpc) is 2.62. The average molecular weight is 323 g/mol. The van der Waals surface area contributed by atoms with Crippen molar-refractivity contribution in [2.45, 2.75) is 51.7 Å². The Bertz CT molecular complexity index is 380. The highest BCUT2D eigenvalue weighted by atomic mass is 16.5. The van der Waals surface area contributed by atoms with Gasteiger partial charge in [0.15, 0.2) is 0 Å². The number of nitrogens with one attached hydrogen (secondary N) is 1. The molecule has 1 amide bonds. The highest BCUT2D eigenvalue weighted by molar-refractivity contribution is 5.81. The first-order valence-electron chi connectivity index (χ1n) is 9.50. The summed E-state index contributed by atoms with van der Waals surface area (Å²) in [6.07, 6.45) is 5.17. The Labute approximate surface area is 140 Å². The molecular formula is C18H33N3O2. The Kier molecular flexibility index (Phi) is 5.94. The summed E-state index contributed by atoms with van der Waals surface area (Å²) in [6, 6.07) is 0.745. The van der Waals surface area contributed by atoms with E-state index in [9.17, 15) is 4.79 Å². The molecule has 3 fully saturated rings. The summed E-state index contributed by atoms with van der Waals surface area (Å²) >= 11 is 0. The van der Waals surface area contributed by atoms with Crippen LogP contribution in [0.4, 0.5) is 0 Å². The summed E-state index contributed by atoms with van der Waals surface area (Å²) in [5, 5.41) is 3.25. The number of hydrogen-bond donors (Lipinski definition) is 1. The van der Waals surface area contributed by atoms with Gasteiger partial charge in [-0.3, -0.25) is 9.69 Å². The Morgan fingerprint density at radius 1 is 1.09 bits per heavy atom. The van der Waals surface area contributed by atoms with Crippen LogP contribution in [0.25, 0.3) is 0 Å². The highest BCUT2D eigenvalue weighted by Gasteiger charge is 2.32.